The van der Waals surface area contributed by atoms with E-state index < -0.39 is 0 Å². The lowest BCUT2D eigenvalue weighted by atomic mass is 10.2. The van der Waals surface area contributed by atoms with E-state index in [1.807, 2.05) is 0 Å². The molecule has 2 unspecified atom stereocenters. The number of hydrogen-bond donors (Lipinski definition) is 2. The highest BCUT2D eigenvalue weighted by molar-refractivity contribution is 5.94. The molecule has 1 fully saturated rings. The van der Waals surface area contributed by atoms with Crippen LogP contribution in [0.2, 0.25) is 0 Å². The number of rotatable bonds is 4. The molecule has 86 valence electrons. The van der Waals surface area contributed by atoms with Gasteiger partial charge in [-0.1, -0.05) is 6.92 Å². The van der Waals surface area contributed by atoms with Gasteiger partial charge in [0, 0.05) is 25.4 Å². The molecule has 1 aromatic heterocycles. The SMILES string of the molecule is CNc1cc(C(=O)NCC2CC2C)ccn1. The van der Waals surface area contributed by atoms with Crippen LogP contribution in [0.1, 0.15) is 23.7 Å². The van der Waals surface area contributed by atoms with Crippen LogP contribution < -0.4 is 10.6 Å². The Bertz CT molecular complexity index is 392. The first kappa shape index (κ1) is 10.9. The number of pyridine rings is 1. The molecular formula is C12H17N3O. The second kappa shape index (κ2) is 4.51. The molecule has 4 nitrogen and oxygen atoms in total. The Hall–Kier alpha value is -1.58. The zero-order valence-corrected chi connectivity index (χ0v) is 9.66. The lowest BCUT2D eigenvalue weighted by Gasteiger charge is -2.05. The number of carbonyl (C=O) groups is 1. The van der Waals surface area contributed by atoms with E-state index in [0.29, 0.717) is 17.3 Å². The standard InChI is InChI=1S/C12H17N3O/c1-8-5-10(8)7-15-12(16)9-3-4-14-11(6-9)13-2/h3-4,6,8,10H,5,7H2,1-2H3,(H,13,14)(H,15,16). The van der Waals surface area contributed by atoms with Gasteiger partial charge in [-0.15, -0.1) is 0 Å². The van der Waals surface area contributed by atoms with Crippen molar-refractivity contribution in [3.05, 3.63) is 23.9 Å². The molecule has 0 spiro atoms. The van der Waals surface area contributed by atoms with Crippen LogP contribution in [0.3, 0.4) is 0 Å². The molecule has 1 amide bonds. The molecule has 2 atom stereocenters. The van der Waals surface area contributed by atoms with Crippen LogP contribution in [0.25, 0.3) is 0 Å². The van der Waals surface area contributed by atoms with Crippen molar-refractivity contribution in [2.45, 2.75) is 13.3 Å². The number of nitrogens with one attached hydrogen (secondary N) is 2. The zero-order chi connectivity index (χ0) is 11.5. The van der Waals surface area contributed by atoms with Gasteiger partial charge in [0.05, 0.1) is 0 Å². The molecule has 0 aliphatic heterocycles. The van der Waals surface area contributed by atoms with Crippen LogP contribution in [0.4, 0.5) is 5.82 Å². The number of carbonyl (C=O) groups excluding carboxylic acids is 1. The summed E-state index contributed by atoms with van der Waals surface area (Å²) in [6.07, 6.45) is 2.87. The molecule has 1 heterocycles. The second-order valence-electron chi connectivity index (χ2n) is 4.36. The van der Waals surface area contributed by atoms with E-state index in [2.05, 4.69) is 22.5 Å². The number of aromatic nitrogens is 1. The van der Waals surface area contributed by atoms with Crippen molar-refractivity contribution in [1.29, 1.82) is 0 Å². The molecule has 0 saturated heterocycles. The Morgan fingerprint density at radius 1 is 1.62 bits per heavy atom. The first-order chi connectivity index (χ1) is 7.70. The summed E-state index contributed by atoms with van der Waals surface area (Å²) in [5, 5.41) is 5.86. The average molecular weight is 219 g/mol. The minimum Gasteiger partial charge on any atom is -0.373 e. The van der Waals surface area contributed by atoms with Gasteiger partial charge in [0.1, 0.15) is 5.82 Å². The predicted molar refractivity (Wildman–Crippen MR) is 63.4 cm³/mol. The molecule has 2 rings (SSSR count). The lowest BCUT2D eigenvalue weighted by Crippen LogP contribution is -2.26. The van der Waals surface area contributed by atoms with Crippen molar-refractivity contribution < 1.29 is 4.79 Å². The van der Waals surface area contributed by atoms with Gasteiger partial charge >= 0.3 is 0 Å². The molecule has 4 heteroatoms. The van der Waals surface area contributed by atoms with Gasteiger partial charge in [-0.3, -0.25) is 4.79 Å². The number of amides is 1. The molecule has 16 heavy (non-hydrogen) atoms. The minimum atomic E-state index is -0.0157. The normalized spacial score (nSPS) is 22.6. The second-order valence-corrected chi connectivity index (χ2v) is 4.36. The Morgan fingerprint density at radius 3 is 3.00 bits per heavy atom. The zero-order valence-electron chi connectivity index (χ0n) is 9.66. The topological polar surface area (TPSA) is 54.0 Å². The molecule has 2 N–H and O–H groups in total. The largest absolute Gasteiger partial charge is 0.373 e. The summed E-state index contributed by atoms with van der Waals surface area (Å²) in [7, 11) is 1.79. The average Bonchev–Trinajstić information content (AvgIpc) is 3.02. The number of nitrogens with zero attached hydrogens (tertiary/aromatic N) is 1. The van der Waals surface area contributed by atoms with Crippen LogP contribution in [0.5, 0.6) is 0 Å². The molecule has 0 aromatic carbocycles. The Labute approximate surface area is 95.5 Å². The Kier molecular flexibility index (Phi) is 3.08. The summed E-state index contributed by atoms with van der Waals surface area (Å²) in [6, 6.07) is 3.48. The van der Waals surface area contributed by atoms with Crippen molar-refractivity contribution in [3.8, 4) is 0 Å². The summed E-state index contributed by atoms with van der Waals surface area (Å²) >= 11 is 0. The first-order valence-electron chi connectivity index (χ1n) is 5.62. The van der Waals surface area contributed by atoms with Crippen LogP contribution in [0.15, 0.2) is 18.3 Å². The van der Waals surface area contributed by atoms with E-state index in [4.69, 9.17) is 0 Å². The fourth-order valence-electron chi connectivity index (χ4n) is 1.72. The summed E-state index contributed by atoms with van der Waals surface area (Å²) in [6.45, 7) is 3.00. The molecule has 1 aliphatic carbocycles. The van der Waals surface area contributed by atoms with E-state index in [1.165, 1.54) is 6.42 Å². The van der Waals surface area contributed by atoms with Crippen molar-refractivity contribution in [2.75, 3.05) is 18.9 Å². The molecule has 0 radical (unpaired) electrons. The highest BCUT2D eigenvalue weighted by atomic mass is 16.1. The first-order valence-corrected chi connectivity index (χ1v) is 5.62. The highest BCUT2D eigenvalue weighted by Gasteiger charge is 2.32. The molecule has 1 aromatic rings. The van der Waals surface area contributed by atoms with Crippen LogP contribution in [0, 0.1) is 11.8 Å². The van der Waals surface area contributed by atoms with Crippen molar-refractivity contribution in [3.63, 3.8) is 0 Å². The Balaban J connectivity index is 1.92. The van der Waals surface area contributed by atoms with Crippen molar-refractivity contribution >= 4 is 11.7 Å². The van der Waals surface area contributed by atoms with Gasteiger partial charge in [-0.25, -0.2) is 4.98 Å². The summed E-state index contributed by atoms with van der Waals surface area (Å²) in [5.74, 6) is 2.14. The van der Waals surface area contributed by atoms with E-state index in [9.17, 15) is 4.79 Å². The monoisotopic (exact) mass is 219 g/mol. The van der Waals surface area contributed by atoms with Gasteiger partial charge in [0.25, 0.3) is 5.91 Å². The lowest BCUT2D eigenvalue weighted by molar-refractivity contribution is 0.0951. The molecule has 0 bridgehead atoms. The van der Waals surface area contributed by atoms with Crippen molar-refractivity contribution in [1.82, 2.24) is 10.3 Å². The predicted octanol–water partition coefficient (Wildman–Crippen LogP) is 1.51. The summed E-state index contributed by atoms with van der Waals surface area (Å²) in [5.41, 5.74) is 0.660. The summed E-state index contributed by atoms with van der Waals surface area (Å²) < 4.78 is 0. The maximum atomic E-state index is 11.8. The highest BCUT2D eigenvalue weighted by Crippen LogP contribution is 2.36. The number of hydrogen-bond acceptors (Lipinski definition) is 3. The third-order valence-corrected chi connectivity index (χ3v) is 3.08. The van der Waals surface area contributed by atoms with Gasteiger partial charge < -0.3 is 10.6 Å². The molecule has 1 saturated carbocycles. The third kappa shape index (κ3) is 2.51. The summed E-state index contributed by atoms with van der Waals surface area (Å²) in [4.78, 5) is 15.9. The van der Waals surface area contributed by atoms with Gasteiger partial charge in [-0.2, -0.15) is 0 Å². The maximum Gasteiger partial charge on any atom is 0.251 e. The van der Waals surface area contributed by atoms with E-state index >= 15 is 0 Å². The maximum absolute atomic E-state index is 11.8. The molecular weight excluding hydrogens is 202 g/mol. The quantitative estimate of drug-likeness (QED) is 0.807. The van der Waals surface area contributed by atoms with E-state index in [0.717, 1.165) is 12.5 Å². The van der Waals surface area contributed by atoms with Crippen LogP contribution in [-0.4, -0.2) is 24.5 Å². The Morgan fingerprint density at radius 2 is 2.38 bits per heavy atom. The van der Waals surface area contributed by atoms with Crippen molar-refractivity contribution in [2.24, 2.45) is 11.8 Å². The third-order valence-electron chi connectivity index (χ3n) is 3.08. The van der Waals surface area contributed by atoms with E-state index in [1.54, 1.807) is 25.4 Å². The minimum absolute atomic E-state index is 0.0157. The smallest absolute Gasteiger partial charge is 0.251 e. The molecule has 1 aliphatic rings. The van der Waals surface area contributed by atoms with Gasteiger partial charge in [-0.05, 0) is 30.4 Å². The fraction of sp³-hybridized carbons (Fsp3) is 0.500. The van der Waals surface area contributed by atoms with Gasteiger partial charge in [0.15, 0.2) is 0 Å². The van der Waals surface area contributed by atoms with Crippen LogP contribution >= 0.6 is 0 Å². The van der Waals surface area contributed by atoms with Crippen LogP contribution in [-0.2, 0) is 0 Å². The number of anilines is 1. The van der Waals surface area contributed by atoms with E-state index in [-0.39, 0.29) is 5.91 Å². The fourth-order valence-corrected chi connectivity index (χ4v) is 1.72. The van der Waals surface area contributed by atoms with Gasteiger partial charge in [0.2, 0.25) is 0 Å².